The Morgan fingerprint density at radius 1 is 1.02 bits per heavy atom. The van der Waals surface area contributed by atoms with Crippen LogP contribution in [-0.2, 0) is 28.4 Å². The van der Waals surface area contributed by atoms with E-state index in [-0.39, 0.29) is 29.7 Å². The number of nitrogens with one attached hydrogen (secondary N) is 1. The van der Waals surface area contributed by atoms with Crippen LogP contribution in [0.4, 0.5) is 4.39 Å². The van der Waals surface area contributed by atoms with Gasteiger partial charge < -0.3 is 14.2 Å². The number of benzene rings is 3. The molecule has 1 atom stereocenters. The van der Waals surface area contributed by atoms with Gasteiger partial charge in [-0.2, -0.15) is 10.1 Å². The monoisotopic (exact) mass is 700 g/mol. The summed E-state index contributed by atoms with van der Waals surface area (Å²) in [5.41, 5.74) is 4.97. The molecule has 3 heterocycles. The fourth-order valence-electron chi connectivity index (χ4n) is 5.72. The van der Waals surface area contributed by atoms with E-state index in [1.165, 1.54) is 23.9 Å². The SMILES string of the molecule is CC(c1cn[nH]c1)c1cn(CC(=O)N(CCN2CCOCC2)Cc2ccc(-c3ccc(Cl)cc3)cc2)c(SCc2ccc(F)cc2)nc1=O. The second-order valence-electron chi connectivity index (χ2n) is 12.1. The van der Waals surface area contributed by atoms with Crippen molar-refractivity contribution in [3.8, 4) is 11.1 Å². The number of carbonyl (C=O) groups excluding carboxylic acids is 1. The lowest BCUT2D eigenvalue weighted by molar-refractivity contribution is -0.133. The molecule has 6 rings (SSSR count). The normalized spacial score (nSPS) is 14.1. The van der Waals surface area contributed by atoms with Crippen molar-refractivity contribution < 1.29 is 13.9 Å². The van der Waals surface area contributed by atoms with E-state index in [0.717, 1.165) is 47.5 Å². The maximum Gasteiger partial charge on any atom is 0.277 e. The van der Waals surface area contributed by atoms with Crippen molar-refractivity contribution in [3.05, 3.63) is 135 Å². The minimum absolute atomic E-state index is 0.00386. The number of hydrogen-bond acceptors (Lipinski definition) is 7. The number of hydrogen-bond donors (Lipinski definition) is 1. The van der Waals surface area contributed by atoms with Crippen LogP contribution < -0.4 is 5.56 Å². The van der Waals surface area contributed by atoms with Gasteiger partial charge in [-0.3, -0.25) is 19.6 Å². The van der Waals surface area contributed by atoms with Crippen LogP contribution in [0, 0.1) is 5.82 Å². The van der Waals surface area contributed by atoms with Crippen molar-refractivity contribution in [2.45, 2.75) is 36.8 Å². The van der Waals surface area contributed by atoms with Crippen molar-refractivity contribution in [3.63, 3.8) is 0 Å². The molecule has 12 heteroatoms. The number of amides is 1. The summed E-state index contributed by atoms with van der Waals surface area (Å²) in [7, 11) is 0. The fraction of sp³-hybridized carbons (Fsp3) is 0.297. The molecular weight excluding hydrogens is 663 g/mol. The molecule has 0 aliphatic carbocycles. The predicted octanol–water partition coefficient (Wildman–Crippen LogP) is 6.23. The van der Waals surface area contributed by atoms with E-state index in [1.54, 1.807) is 35.3 Å². The number of nitrogens with zero attached hydrogens (tertiary/aromatic N) is 5. The van der Waals surface area contributed by atoms with E-state index >= 15 is 0 Å². The van der Waals surface area contributed by atoms with E-state index in [1.807, 2.05) is 36.1 Å². The number of ether oxygens (including phenoxy) is 1. The average Bonchev–Trinajstić information content (AvgIpc) is 3.67. The third-order valence-corrected chi connectivity index (χ3v) is 10.0. The van der Waals surface area contributed by atoms with Crippen LogP contribution in [0.2, 0.25) is 5.02 Å². The molecular formula is C37H38ClFN6O3S. The molecule has 1 fully saturated rings. The standard InChI is InChI=1S/C37H38ClFN6O3S/c1-26(31-20-40-41-21-31)34-23-45(37(42-36(34)47)49-25-28-4-12-33(39)13-5-28)24-35(46)44(15-14-43-16-18-48-19-17-43)22-27-2-6-29(7-3-27)30-8-10-32(38)11-9-30/h2-13,20-21,23,26H,14-19,22,24-25H2,1H3,(H,40,41). The Bertz CT molecular complexity index is 1880. The smallest absolute Gasteiger partial charge is 0.277 e. The Morgan fingerprint density at radius 2 is 1.69 bits per heavy atom. The molecule has 9 nitrogen and oxygen atoms in total. The van der Waals surface area contributed by atoms with Crippen molar-refractivity contribution in [2.24, 2.45) is 0 Å². The Balaban J connectivity index is 1.26. The molecule has 1 saturated heterocycles. The Hall–Kier alpha value is -4.29. The molecule has 1 amide bonds. The molecule has 1 aliphatic heterocycles. The average molecular weight is 701 g/mol. The van der Waals surface area contributed by atoms with Gasteiger partial charge in [0, 0.05) is 67.4 Å². The highest BCUT2D eigenvalue weighted by molar-refractivity contribution is 7.98. The summed E-state index contributed by atoms with van der Waals surface area (Å²) in [4.78, 5) is 36.2. The number of rotatable bonds is 13. The third-order valence-electron chi connectivity index (χ3n) is 8.70. The van der Waals surface area contributed by atoms with E-state index in [4.69, 9.17) is 16.3 Å². The lowest BCUT2D eigenvalue weighted by Crippen LogP contribution is -2.43. The van der Waals surface area contributed by atoms with Crippen LogP contribution in [0.3, 0.4) is 0 Å². The molecule has 0 bridgehead atoms. The first-order chi connectivity index (χ1) is 23.8. The summed E-state index contributed by atoms with van der Waals surface area (Å²) in [5, 5.41) is 7.96. The van der Waals surface area contributed by atoms with Crippen LogP contribution in [0.25, 0.3) is 11.1 Å². The Kier molecular flexibility index (Phi) is 11.6. The maximum atomic E-state index is 14.2. The largest absolute Gasteiger partial charge is 0.379 e. The van der Waals surface area contributed by atoms with Crippen LogP contribution in [0.1, 0.15) is 35.1 Å². The summed E-state index contributed by atoms with van der Waals surface area (Å²) >= 11 is 7.43. The molecule has 3 aromatic carbocycles. The van der Waals surface area contributed by atoms with Gasteiger partial charge in [-0.25, -0.2) is 4.39 Å². The van der Waals surface area contributed by atoms with E-state index in [0.29, 0.717) is 47.8 Å². The fourth-order valence-corrected chi connectivity index (χ4v) is 6.76. The van der Waals surface area contributed by atoms with Crippen LogP contribution >= 0.6 is 23.4 Å². The molecule has 0 spiro atoms. The predicted molar refractivity (Wildman–Crippen MR) is 190 cm³/mol. The number of aromatic amines is 1. The highest BCUT2D eigenvalue weighted by Crippen LogP contribution is 2.26. The summed E-state index contributed by atoms with van der Waals surface area (Å²) < 4.78 is 20.8. The number of thioether (sulfide) groups is 1. The summed E-state index contributed by atoms with van der Waals surface area (Å²) in [5.74, 6) is -0.235. The number of carbonyl (C=O) groups is 1. The Morgan fingerprint density at radius 3 is 2.37 bits per heavy atom. The van der Waals surface area contributed by atoms with Gasteiger partial charge >= 0.3 is 0 Å². The molecule has 49 heavy (non-hydrogen) atoms. The number of halogens is 2. The lowest BCUT2D eigenvalue weighted by Gasteiger charge is -2.30. The van der Waals surface area contributed by atoms with Gasteiger partial charge in [-0.05, 0) is 52.1 Å². The van der Waals surface area contributed by atoms with Crippen molar-refractivity contribution in [1.29, 1.82) is 0 Å². The summed E-state index contributed by atoms with van der Waals surface area (Å²) in [6.45, 7) is 6.58. The quantitative estimate of drug-likeness (QED) is 0.115. The summed E-state index contributed by atoms with van der Waals surface area (Å²) in [6, 6.07) is 22.2. The van der Waals surface area contributed by atoms with Gasteiger partial charge in [0.1, 0.15) is 12.4 Å². The van der Waals surface area contributed by atoms with Gasteiger partial charge in [0.15, 0.2) is 5.16 Å². The second-order valence-corrected chi connectivity index (χ2v) is 13.4. The highest BCUT2D eigenvalue weighted by atomic mass is 35.5. The first-order valence-corrected chi connectivity index (χ1v) is 17.6. The number of morpholine rings is 1. The zero-order valence-corrected chi connectivity index (χ0v) is 28.8. The molecule has 1 N–H and O–H groups in total. The zero-order chi connectivity index (χ0) is 34.2. The first kappa shape index (κ1) is 34.6. The summed E-state index contributed by atoms with van der Waals surface area (Å²) in [6.07, 6.45) is 5.18. The minimum Gasteiger partial charge on any atom is -0.379 e. The van der Waals surface area contributed by atoms with Crippen LogP contribution in [0.15, 0.2) is 101 Å². The number of H-pyrrole nitrogens is 1. The Labute approximate surface area is 294 Å². The highest BCUT2D eigenvalue weighted by Gasteiger charge is 2.22. The van der Waals surface area contributed by atoms with E-state index in [2.05, 4.69) is 44.3 Å². The van der Waals surface area contributed by atoms with Crippen molar-refractivity contribution >= 4 is 29.3 Å². The first-order valence-electron chi connectivity index (χ1n) is 16.2. The molecule has 1 aliphatic rings. The van der Waals surface area contributed by atoms with E-state index in [9.17, 15) is 14.0 Å². The minimum atomic E-state index is -0.357. The van der Waals surface area contributed by atoms with Crippen LogP contribution in [0.5, 0.6) is 0 Å². The topological polar surface area (TPSA) is 96.3 Å². The van der Waals surface area contributed by atoms with E-state index < -0.39 is 0 Å². The van der Waals surface area contributed by atoms with Gasteiger partial charge in [0.25, 0.3) is 5.56 Å². The molecule has 0 saturated carbocycles. The lowest BCUT2D eigenvalue weighted by atomic mass is 9.98. The molecule has 2 aromatic heterocycles. The van der Waals surface area contributed by atoms with Crippen LogP contribution in [-0.4, -0.2) is 74.8 Å². The third kappa shape index (κ3) is 9.24. The molecule has 0 radical (unpaired) electrons. The second kappa shape index (κ2) is 16.4. The molecule has 5 aromatic rings. The van der Waals surface area contributed by atoms with Gasteiger partial charge in [-0.1, -0.05) is 78.8 Å². The van der Waals surface area contributed by atoms with Gasteiger partial charge in [0.05, 0.1) is 19.4 Å². The van der Waals surface area contributed by atoms with Crippen molar-refractivity contribution in [1.82, 2.24) is 29.5 Å². The van der Waals surface area contributed by atoms with Gasteiger partial charge in [0.2, 0.25) is 5.91 Å². The number of aromatic nitrogens is 4. The molecule has 1 unspecified atom stereocenters. The van der Waals surface area contributed by atoms with Gasteiger partial charge in [-0.15, -0.1) is 0 Å². The molecule has 254 valence electrons. The zero-order valence-electron chi connectivity index (χ0n) is 27.2. The maximum absolute atomic E-state index is 14.2. The van der Waals surface area contributed by atoms with Crippen molar-refractivity contribution in [2.75, 3.05) is 39.4 Å².